The molecule has 0 heterocycles. The van der Waals surface area contributed by atoms with Gasteiger partial charge in [-0.3, -0.25) is 0 Å². The van der Waals surface area contributed by atoms with Gasteiger partial charge in [0.25, 0.3) is 0 Å². The van der Waals surface area contributed by atoms with Gasteiger partial charge in [-0.05, 0) is 18.4 Å². The van der Waals surface area contributed by atoms with Gasteiger partial charge in [0.05, 0.1) is 13.7 Å². The number of rotatable bonds is 7. The van der Waals surface area contributed by atoms with E-state index in [9.17, 15) is 13.5 Å². The number of thioether (sulfide) groups is 1. The van der Waals surface area contributed by atoms with Crippen molar-refractivity contribution < 1.29 is 18.3 Å². The van der Waals surface area contributed by atoms with Crippen LogP contribution in [0.4, 0.5) is 0 Å². The summed E-state index contributed by atoms with van der Waals surface area (Å²) in [6.45, 7) is 1.86. The molecule has 0 saturated heterocycles. The molecule has 0 aliphatic rings. The number of nitrogens with one attached hydrogen (secondary N) is 1. The van der Waals surface area contributed by atoms with Crippen LogP contribution in [0.15, 0.2) is 17.0 Å². The quantitative estimate of drug-likeness (QED) is 0.793. The Labute approximate surface area is 128 Å². The average Bonchev–Trinajstić information content (AvgIpc) is 2.43. The molecule has 20 heavy (non-hydrogen) atoms. The first-order chi connectivity index (χ1) is 9.35. The molecular formula is C12H18ClNO4S2. The minimum Gasteiger partial charge on any atom is -0.495 e. The molecule has 1 atom stereocenters. The fourth-order valence-corrected chi connectivity index (χ4v) is 3.59. The van der Waals surface area contributed by atoms with Crippen LogP contribution in [0.5, 0.6) is 5.75 Å². The van der Waals surface area contributed by atoms with Crippen molar-refractivity contribution in [1.82, 2.24) is 4.72 Å². The van der Waals surface area contributed by atoms with Gasteiger partial charge in [0.1, 0.15) is 10.6 Å². The lowest BCUT2D eigenvalue weighted by atomic mass is 10.2. The minimum atomic E-state index is -3.75. The standard InChI is InChI=1S/C12H18ClNO4S2/c1-8(19-3)6-14-20(16,17)11-5-10(13)4-9(7-15)12(11)18-2/h4-5,8,14-15H,6-7H2,1-3H3. The van der Waals surface area contributed by atoms with Crippen molar-refractivity contribution in [3.63, 3.8) is 0 Å². The highest BCUT2D eigenvalue weighted by molar-refractivity contribution is 7.99. The molecule has 0 aliphatic heterocycles. The molecule has 0 saturated carbocycles. The SMILES string of the molecule is COc1c(CO)cc(Cl)cc1S(=O)(=O)NCC(C)SC. The smallest absolute Gasteiger partial charge is 0.244 e. The highest BCUT2D eigenvalue weighted by atomic mass is 35.5. The largest absolute Gasteiger partial charge is 0.495 e. The molecule has 0 bridgehead atoms. The van der Waals surface area contributed by atoms with Crippen LogP contribution in [0.1, 0.15) is 12.5 Å². The summed E-state index contributed by atoms with van der Waals surface area (Å²) in [6.07, 6.45) is 1.91. The zero-order valence-electron chi connectivity index (χ0n) is 11.5. The fourth-order valence-electron chi connectivity index (χ4n) is 1.56. The van der Waals surface area contributed by atoms with Crippen LogP contribution in [0.25, 0.3) is 0 Å². The third-order valence-corrected chi connectivity index (χ3v) is 5.34. The van der Waals surface area contributed by atoms with Crippen LogP contribution >= 0.6 is 23.4 Å². The third-order valence-electron chi connectivity index (χ3n) is 2.72. The number of methoxy groups -OCH3 is 1. The second-order valence-corrected chi connectivity index (χ2v) is 7.60. The van der Waals surface area contributed by atoms with Crippen LogP contribution in [0, 0.1) is 0 Å². The molecule has 1 aromatic carbocycles. The molecule has 0 amide bonds. The Balaban J connectivity index is 3.20. The lowest BCUT2D eigenvalue weighted by Gasteiger charge is -2.15. The molecule has 5 nitrogen and oxygen atoms in total. The summed E-state index contributed by atoms with van der Waals surface area (Å²) in [5, 5.41) is 9.64. The molecule has 1 rings (SSSR count). The van der Waals surface area contributed by atoms with E-state index >= 15 is 0 Å². The predicted molar refractivity (Wildman–Crippen MR) is 82.1 cm³/mol. The van der Waals surface area contributed by atoms with Gasteiger partial charge in [-0.15, -0.1) is 0 Å². The second-order valence-electron chi connectivity index (χ2n) is 4.15. The third kappa shape index (κ3) is 4.26. The van der Waals surface area contributed by atoms with E-state index in [1.807, 2.05) is 13.2 Å². The van der Waals surface area contributed by atoms with Gasteiger partial charge >= 0.3 is 0 Å². The fraction of sp³-hybridized carbons (Fsp3) is 0.500. The Hall–Kier alpha value is -0.470. The normalized spacial score (nSPS) is 13.2. The van der Waals surface area contributed by atoms with E-state index in [1.54, 1.807) is 11.8 Å². The zero-order chi connectivity index (χ0) is 15.3. The molecule has 1 unspecified atom stereocenters. The van der Waals surface area contributed by atoms with Crippen LogP contribution < -0.4 is 9.46 Å². The summed E-state index contributed by atoms with van der Waals surface area (Å²) in [5.74, 6) is 0.112. The van der Waals surface area contributed by atoms with E-state index in [1.165, 1.54) is 19.2 Å². The van der Waals surface area contributed by atoms with Crippen molar-refractivity contribution in [3.05, 3.63) is 22.7 Å². The predicted octanol–water partition coefficient (Wildman–Crippen LogP) is 1.87. The molecule has 2 N–H and O–H groups in total. The van der Waals surface area contributed by atoms with Gasteiger partial charge in [0.2, 0.25) is 10.0 Å². The minimum absolute atomic E-state index is 0.0650. The van der Waals surface area contributed by atoms with E-state index in [0.717, 1.165) is 0 Å². The highest BCUT2D eigenvalue weighted by Gasteiger charge is 2.23. The Bertz CT molecular complexity index is 563. The first-order valence-corrected chi connectivity index (χ1v) is 9.00. The van der Waals surface area contributed by atoms with Crippen molar-refractivity contribution in [1.29, 1.82) is 0 Å². The van der Waals surface area contributed by atoms with Gasteiger partial charge in [0, 0.05) is 22.4 Å². The van der Waals surface area contributed by atoms with Gasteiger partial charge in [-0.1, -0.05) is 18.5 Å². The summed E-state index contributed by atoms with van der Waals surface area (Å²) in [6, 6.07) is 2.79. The number of benzene rings is 1. The zero-order valence-corrected chi connectivity index (χ0v) is 13.9. The van der Waals surface area contributed by atoms with Gasteiger partial charge in [-0.25, -0.2) is 13.1 Å². The number of hydrogen-bond donors (Lipinski definition) is 2. The lowest BCUT2D eigenvalue weighted by Crippen LogP contribution is -2.30. The van der Waals surface area contributed by atoms with Gasteiger partial charge in [-0.2, -0.15) is 11.8 Å². The average molecular weight is 340 g/mol. The van der Waals surface area contributed by atoms with E-state index in [4.69, 9.17) is 16.3 Å². The maximum Gasteiger partial charge on any atom is 0.244 e. The number of halogens is 1. The summed E-state index contributed by atoms with van der Waals surface area (Å²) >= 11 is 7.45. The van der Waals surface area contributed by atoms with E-state index in [2.05, 4.69) is 4.72 Å². The maximum absolute atomic E-state index is 12.3. The maximum atomic E-state index is 12.3. The molecular weight excluding hydrogens is 322 g/mol. The second kappa shape index (κ2) is 7.51. The van der Waals surface area contributed by atoms with Crippen molar-refractivity contribution in [3.8, 4) is 5.75 Å². The Morgan fingerprint density at radius 1 is 1.50 bits per heavy atom. The van der Waals surface area contributed by atoms with E-state index in [-0.39, 0.29) is 27.5 Å². The number of hydrogen-bond acceptors (Lipinski definition) is 5. The summed E-state index contributed by atoms with van der Waals surface area (Å²) in [4.78, 5) is -0.0650. The Morgan fingerprint density at radius 2 is 2.15 bits per heavy atom. The van der Waals surface area contributed by atoms with Crippen molar-refractivity contribution in [2.75, 3.05) is 19.9 Å². The van der Waals surface area contributed by atoms with Crippen molar-refractivity contribution >= 4 is 33.4 Å². The first kappa shape index (κ1) is 17.6. The van der Waals surface area contributed by atoms with Crippen LogP contribution in [0.2, 0.25) is 5.02 Å². The van der Waals surface area contributed by atoms with Crippen LogP contribution in [0.3, 0.4) is 0 Å². The van der Waals surface area contributed by atoms with Crippen molar-refractivity contribution in [2.45, 2.75) is 23.7 Å². The first-order valence-electron chi connectivity index (χ1n) is 5.85. The topological polar surface area (TPSA) is 75.6 Å². The monoisotopic (exact) mass is 339 g/mol. The summed E-state index contributed by atoms with van der Waals surface area (Å²) in [7, 11) is -2.39. The molecule has 0 spiro atoms. The molecule has 0 radical (unpaired) electrons. The van der Waals surface area contributed by atoms with E-state index < -0.39 is 10.0 Å². The number of aliphatic hydroxyl groups excluding tert-OH is 1. The molecule has 0 fully saturated rings. The van der Waals surface area contributed by atoms with E-state index in [0.29, 0.717) is 12.1 Å². The van der Waals surface area contributed by atoms with Crippen molar-refractivity contribution in [2.24, 2.45) is 0 Å². The Kier molecular flexibility index (Phi) is 6.60. The lowest BCUT2D eigenvalue weighted by molar-refractivity contribution is 0.272. The highest BCUT2D eigenvalue weighted by Crippen LogP contribution is 2.31. The van der Waals surface area contributed by atoms with Gasteiger partial charge in [0.15, 0.2) is 0 Å². The number of ether oxygens (including phenoxy) is 1. The molecule has 0 aromatic heterocycles. The molecule has 1 aromatic rings. The number of aliphatic hydroxyl groups is 1. The number of sulfonamides is 1. The molecule has 0 aliphatic carbocycles. The summed E-state index contributed by atoms with van der Waals surface area (Å²) in [5.41, 5.74) is 0.332. The van der Waals surface area contributed by atoms with Crippen LogP contribution in [-0.2, 0) is 16.6 Å². The van der Waals surface area contributed by atoms with Gasteiger partial charge < -0.3 is 9.84 Å². The van der Waals surface area contributed by atoms with Crippen LogP contribution in [-0.4, -0.2) is 38.7 Å². The molecule has 114 valence electrons. The summed E-state index contributed by atoms with van der Waals surface area (Å²) < 4.78 is 32.2. The molecule has 8 heteroatoms. The Morgan fingerprint density at radius 3 is 2.65 bits per heavy atom.